The zero-order chi connectivity index (χ0) is 42.1. The number of aliphatic hydroxyl groups is 2. The van der Waals surface area contributed by atoms with Gasteiger partial charge in [-0.15, -0.1) is 0 Å². The Morgan fingerprint density at radius 2 is 1.69 bits per heavy atom. The molecule has 5 unspecified atom stereocenters. The standard InChI is InChI=1S/C46H64N4O8S/c1-28(14-17-40(53)47-21-23-59(55,56)57)34-15-16-35-42-36(26-39(52)46(34,35)4)45(3)19-18-32(24-31(45)25-38(42)51)58-22-20-48-44(54)41-29(2)50-37-13-9-8-12-33(37)43(41)49-27-30-10-6-5-7-11-30/h5-13,28,31-32,34-36,38-39,42,51-52H,14-27H2,1-4H3,(H,47,53)(H,48,54)(H,49,50)(H,55,56,57)/t28-,31?,32+,34-,35?,36?,38?,39+,42?,45+,46-/m1/s1. The van der Waals surface area contributed by atoms with Gasteiger partial charge in [-0.1, -0.05) is 69.3 Å². The second-order valence-electron chi connectivity index (χ2n) is 18.6. The average Bonchev–Trinajstić information content (AvgIpc) is 3.56. The van der Waals surface area contributed by atoms with E-state index in [1.165, 1.54) is 0 Å². The number of pyridine rings is 1. The number of rotatable bonds is 15. The van der Waals surface area contributed by atoms with Gasteiger partial charge < -0.3 is 30.9 Å². The maximum atomic E-state index is 13.8. The van der Waals surface area contributed by atoms with Gasteiger partial charge in [0.25, 0.3) is 16.0 Å². The number of para-hydroxylation sites is 1. The first-order chi connectivity index (χ1) is 28.1. The van der Waals surface area contributed by atoms with Crippen LogP contribution in [0.5, 0.6) is 0 Å². The van der Waals surface area contributed by atoms with Gasteiger partial charge in [0.1, 0.15) is 0 Å². The van der Waals surface area contributed by atoms with Crippen LogP contribution in [0.25, 0.3) is 10.9 Å². The molecular formula is C46H64N4O8S. The number of nitrogens with zero attached hydrogens (tertiary/aromatic N) is 1. The minimum absolute atomic E-state index is 0.0200. The van der Waals surface area contributed by atoms with E-state index in [1.54, 1.807) is 0 Å². The van der Waals surface area contributed by atoms with Gasteiger partial charge >= 0.3 is 0 Å². The predicted molar refractivity (Wildman–Crippen MR) is 228 cm³/mol. The maximum absolute atomic E-state index is 13.8. The Kier molecular flexibility index (Phi) is 13.1. The monoisotopic (exact) mass is 832 g/mol. The lowest BCUT2D eigenvalue weighted by molar-refractivity contribution is -0.209. The Bertz CT molecular complexity index is 2090. The summed E-state index contributed by atoms with van der Waals surface area (Å²) in [5.41, 5.74) is 3.52. The van der Waals surface area contributed by atoms with Gasteiger partial charge in [-0.25, -0.2) is 0 Å². The van der Waals surface area contributed by atoms with Crippen LogP contribution >= 0.6 is 0 Å². The smallest absolute Gasteiger partial charge is 0.266 e. The van der Waals surface area contributed by atoms with E-state index in [2.05, 4.69) is 48.9 Å². The normalized spacial score (nSPS) is 32.1. The molecule has 322 valence electrons. The summed E-state index contributed by atoms with van der Waals surface area (Å²) in [7, 11) is -4.14. The van der Waals surface area contributed by atoms with E-state index in [-0.39, 0.29) is 77.2 Å². The summed E-state index contributed by atoms with van der Waals surface area (Å²) in [4.78, 5) is 31.0. The molecule has 12 nitrogen and oxygen atoms in total. The molecule has 0 saturated heterocycles. The summed E-state index contributed by atoms with van der Waals surface area (Å²) in [5.74, 6) is 0.188. The molecule has 0 spiro atoms. The SMILES string of the molecule is Cc1nc2ccccc2c(NCc2ccccc2)c1C(=O)NCCO[C@H]1CC[C@@]2(C)C(CC(O)C3C2C[C@H](O)[C@@]2(C)C3CC[C@@H]2[C@H](C)CCC(=O)NCCS(=O)(=O)O)C1. The van der Waals surface area contributed by atoms with Gasteiger partial charge in [-0.2, -0.15) is 8.42 Å². The summed E-state index contributed by atoms with van der Waals surface area (Å²) >= 11 is 0. The second-order valence-corrected chi connectivity index (χ2v) is 20.1. The van der Waals surface area contributed by atoms with Crippen molar-refractivity contribution in [3.05, 3.63) is 71.4 Å². The van der Waals surface area contributed by atoms with Crippen LogP contribution in [0.15, 0.2) is 54.6 Å². The van der Waals surface area contributed by atoms with Crippen LogP contribution in [-0.4, -0.2) is 83.7 Å². The molecule has 4 aliphatic rings. The molecule has 0 aliphatic heterocycles. The van der Waals surface area contributed by atoms with Crippen LogP contribution in [-0.2, 0) is 26.2 Å². The van der Waals surface area contributed by atoms with Gasteiger partial charge in [-0.3, -0.25) is 19.1 Å². The number of aliphatic hydroxyl groups excluding tert-OH is 2. The van der Waals surface area contributed by atoms with Crippen molar-refractivity contribution in [1.29, 1.82) is 0 Å². The van der Waals surface area contributed by atoms with Crippen molar-refractivity contribution < 1.29 is 37.5 Å². The highest BCUT2D eigenvalue weighted by molar-refractivity contribution is 7.85. The number of hydrogen-bond donors (Lipinski definition) is 6. The number of carbonyl (C=O) groups excluding carboxylic acids is 2. The van der Waals surface area contributed by atoms with Crippen molar-refractivity contribution in [3.63, 3.8) is 0 Å². The van der Waals surface area contributed by atoms with Crippen LogP contribution in [0.2, 0.25) is 0 Å². The molecule has 13 heteroatoms. The molecule has 0 radical (unpaired) electrons. The lowest BCUT2D eigenvalue weighted by atomic mass is 9.43. The molecule has 2 amide bonds. The van der Waals surface area contributed by atoms with E-state index in [1.807, 2.05) is 49.4 Å². The molecule has 1 heterocycles. The summed E-state index contributed by atoms with van der Waals surface area (Å²) < 4.78 is 37.5. The van der Waals surface area contributed by atoms with Gasteiger partial charge in [0.2, 0.25) is 5.91 Å². The Hall–Kier alpha value is -3.62. The Morgan fingerprint density at radius 3 is 2.46 bits per heavy atom. The third-order valence-corrected chi connectivity index (χ3v) is 16.1. The van der Waals surface area contributed by atoms with Crippen LogP contribution in [0.1, 0.15) is 100 Å². The molecular weight excluding hydrogens is 769 g/mol. The quantitative estimate of drug-likeness (QED) is 0.0751. The first kappa shape index (κ1) is 43.5. The van der Waals surface area contributed by atoms with Gasteiger partial charge in [0.15, 0.2) is 0 Å². The van der Waals surface area contributed by atoms with Crippen LogP contribution in [0.3, 0.4) is 0 Å². The van der Waals surface area contributed by atoms with Crippen LogP contribution in [0, 0.1) is 53.3 Å². The van der Waals surface area contributed by atoms with E-state index in [0.29, 0.717) is 50.2 Å². The largest absolute Gasteiger partial charge is 0.393 e. The lowest BCUT2D eigenvalue weighted by Gasteiger charge is -2.63. The van der Waals surface area contributed by atoms with Gasteiger partial charge in [-0.05, 0) is 116 Å². The van der Waals surface area contributed by atoms with E-state index in [4.69, 9.17) is 14.3 Å². The maximum Gasteiger partial charge on any atom is 0.266 e. The predicted octanol–water partition coefficient (Wildman–Crippen LogP) is 6.29. The van der Waals surface area contributed by atoms with Crippen molar-refractivity contribution >= 4 is 38.5 Å². The number of anilines is 1. The van der Waals surface area contributed by atoms with E-state index < -0.39 is 28.1 Å². The fraction of sp³-hybridized carbons (Fsp3) is 0.630. The van der Waals surface area contributed by atoms with E-state index in [0.717, 1.165) is 54.3 Å². The van der Waals surface area contributed by atoms with Crippen LogP contribution < -0.4 is 16.0 Å². The minimum atomic E-state index is -4.14. The molecule has 11 atom stereocenters. The molecule has 6 N–H and O–H groups in total. The summed E-state index contributed by atoms with van der Waals surface area (Å²) in [6, 6.07) is 18.0. The highest BCUT2D eigenvalue weighted by Gasteiger charge is 2.65. The van der Waals surface area contributed by atoms with E-state index in [9.17, 15) is 28.2 Å². The molecule has 0 bridgehead atoms. The number of carbonyl (C=O) groups is 2. The summed E-state index contributed by atoms with van der Waals surface area (Å²) in [6.07, 6.45) is 5.88. The van der Waals surface area contributed by atoms with Crippen molar-refractivity contribution in [2.75, 3.05) is 30.8 Å². The Labute approximate surface area is 349 Å². The zero-order valence-electron chi connectivity index (χ0n) is 35.0. The molecule has 4 fully saturated rings. The molecule has 4 saturated carbocycles. The van der Waals surface area contributed by atoms with Crippen molar-refractivity contribution in [3.8, 4) is 0 Å². The topological polar surface area (TPSA) is 187 Å². The Morgan fingerprint density at radius 1 is 0.949 bits per heavy atom. The van der Waals surface area contributed by atoms with Crippen molar-refractivity contribution in [1.82, 2.24) is 15.6 Å². The zero-order valence-corrected chi connectivity index (χ0v) is 35.8. The highest BCUT2D eigenvalue weighted by atomic mass is 32.2. The molecule has 7 rings (SSSR count). The van der Waals surface area contributed by atoms with Gasteiger partial charge in [0.05, 0.1) is 53.1 Å². The number of fused-ring (bicyclic) bond motifs is 6. The lowest BCUT2D eigenvalue weighted by Crippen LogP contribution is -2.62. The van der Waals surface area contributed by atoms with Crippen molar-refractivity contribution in [2.24, 2.45) is 46.3 Å². The summed E-state index contributed by atoms with van der Waals surface area (Å²) in [5, 5.41) is 34.1. The number of nitrogens with one attached hydrogen (secondary N) is 3. The first-order valence-electron chi connectivity index (χ1n) is 21.7. The third kappa shape index (κ3) is 9.05. The fourth-order valence-electron chi connectivity index (χ4n) is 12.3. The third-order valence-electron chi connectivity index (χ3n) is 15.4. The average molecular weight is 833 g/mol. The second kappa shape index (κ2) is 17.8. The fourth-order valence-corrected chi connectivity index (χ4v) is 12.7. The number of aryl methyl sites for hydroxylation is 1. The highest BCUT2D eigenvalue weighted by Crippen LogP contribution is 2.68. The summed E-state index contributed by atoms with van der Waals surface area (Å²) in [6.45, 7) is 9.80. The first-order valence-corrected chi connectivity index (χ1v) is 23.4. The van der Waals surface area contributed by atoms with Gasteiger partial charge in [0, 0.05) is 31.4 Å². The Balaban J connectivity index is 0.934. The van der Waals surface area contributed by atoms with Crippen molar-refractivity contribution in [2.45, 2.75) is 110 Å². The number of aromatic nitrogens is 1. The molecule has 1 aromatic heterocycles. The molecule has 4 aliphatic carbocycles. The minimum Gasteiger partial charge on any atom is -0.393 e. The molecule has 2 aromatic carbocycles. The number of ether oxygens (including phenoxy) is 1. The number of benzene rings is 2. The number of hydrogen-bond acceptors (Lipinski definition) is 9. The van der Waals surface area contributed by atoms with E-state index >= 15 is 0 Å². The molecule has 3 aromatic rings. The molecule has 59 heavy (non-hydrogen) atoms. The van der Waals surface area contributed by atoms with Crippen LogP contribution in [0.4, 0.5) is 5.69 Å². The number of amides is 2.